The second-order valence-electron chi connectivity index (χ2n) is 5.91. The van der Waals surface area contributed by atoms with Crippen molar-refractivity contribution >= 4 is 10.0 Å². The summed E-state index contributed by atoms with van der Waals surface area (Å²) in [5.74, 6) is 0.682. The second kappa shape index (κ2) is 7.95. The minimum atomic E-state index is -3.45. The summed E-state index contributed by atoms with van der Waals surface area (Å²) in [5, 5.41) is 0. The van der Waals surface area contributed by atoms with Crippen LogP contribution in [0.4, 0.5) is 0 Å². The third-order valence-corrected chi connectivity index (χ3v) is 6.13. The van der Waals surface area contributed by atoms with Crippen molar-refractivity contribution in [2.75, 3.05) is 32.8 Å². The molecule has 7 heteroatoms. The van der Waals surface area contributed by atoms with Gasteiger partial charge in [0.05, 0.1) is 17.2 Å². The minimum Gasteiger partial charge on any atom is -0.494 e. The second-order valence-corrected chi connectivity index (χ2v) is 7.84. The maximum Gasteiger partial charge on any atom is 0.243 e. The van der Waals surface area contributed by atoms with Gasteiger partial charge in [0, 0.05) is 38.9 Å². The largest absolute Gasteiger partial charge is 0.494 e. The predicted molar refractivity (Wildman–Crippen MR) is 95.9 cm³/mol. The van der Waals surface area contributed by atoms with E-state index in [4.69, 9.17) is 4.74 Å². The number of ether oxygens (including phenoxy) is 1. The zero-order valence-corrected chi connectivity index (χ0v) is 15.2. The first kappa shape index (κ1) is 17.8. The molecule has 0 unspecified atom stereocenters. The third-order valence-electron chi connectivity index (χ3n) is 4.22. The molecule has 1 aromatic heterocycles. The van der Waals surface area contributed by atoms with Gasteiger partial charge in [-0.05, 0) is 43.3 Å². The van der Waals surface area contributed by atoms with Crippen LogP contribution in [-0.2, 0) is 16.6 Å². The Kier molecular flexibility index (Phi) is 5.67. The van der Waals surface area contributed by atoms with Crippen LogP contribution >= 0.6 is 0 Å². The molecule has 0 radical (unpaired) electrons. The highest BCUT2D eigenvalue weighted by atomic mass is 32.2. The van der Waals surface area contributed by atoms with E-state index in [1.165, 1.54) is 0 Å². The number of pyridine rings is 1. The summed E-state index contributed by atoms with van der Waals surface area (Å²) in [6.45, 7) is 5.58. The number of benzene rings is 1. The van der Waals surface area contributed by atoms with Crippen LogP contribution in [0.25, 0.3) is 0 Å². The van der Waals surface area contributed by atoms with Gasteiger partial charge in [-0.25, -0.2) is 8.42 Å². The fraction of sp³-hybridized carbons (Fsp3) is 0.389. The lowest BCUT2D eigenvalue weighted by molar-refractivity contribution is 0.180. The minimum absolute atomic E-state index is 0.314. The molecule has 2 heterocycles. The number of hydrogen-bond donors (Lipinski definition) is 0. The van der Waals surface area contributed by atoms with Gasteiger partial charge in [-0.3, -0.25) is 9.88 Å². The lowest BCUT2D eigenvalue weighted by Gasteiger charge is -2.33. The summed E-state index contributed by atoms with van der Waals surface area (Å²) >= 11 is 0. The molecule has 0 N–H and O–H groups in total. The molecule has 0 aliphatic carbocycles. The molecule has 0 saturated carbocycles. The average Bonchev–Trinajstić information content (AvgIpc) is 2.64. The molecule has 0 atom stereocenters. The van der Waals surface area contributed by atoms with Gasteiger partial charge in [-0.1, -0.05) is 6.07 Å². The van der Waals surface area contributed by atoms with Gasteiger partial charge in [0.15, 0.2) is 0 Å². The van der Waals surface area contributed by atoms with Crippen LogP contribution < -0.4 is 4.74 Å². The lowest BCUT2D eigenvalue weighted by Crippen LogP contribution is -2.48. The van der Waals surface area contributed by atoms with Crippen LogP contribution in [0.15, 0.2) is 53.6 Å². The summed E-state index contributed by atoms with van der Waals surface area (Å²) in [6.07, 6.45) is 1.78. The van der Waals surface area contributed by atoms with E-state index in [2.05, 4.69) is 9.88 Å². The number of piperazine rings is 1. The van der Waals surface area contributed by atoms with Crippen molar-refractivity contribution in [3.63, 3.8) is 0 Å². The molecule has 134 valence electrons. The van der Waals surface area contributed by atoms with Gasteiger partial charge in [-0.15, -0.1) is 0 Å². The fourth-order valence-corrected chi connectivity index (χ4v) is 4.29. The van der Waals surface area contributed by atoms with E-state index >= 15 is 0 Å². The van der Waals surface area contributed by atoms with Crippen molar-refractivity contribution in [2.24, 2.45) is 0 Å². The highest BCUT2D eigenvalue weighted by molar-refractivity contribution is 7.89. The molecule has 1 fully saturated rings. The summed E-state index contributed by atoms with van der Waals surface area (Å²) in [6, 6.07) is 12.5. The number of aromatic nitrogens is 1. The smallest absolute Gasteiger partial charge is 0.243 e. The predicted octanol–water partition coefficient (Wildman–Crippen LogP) is 1.99. The summed E-state index contributed by atoms with van der Waals surface area (Å²) in [7, 11) is -3.45. The average molecular weight is 361 g/mol. The van der Waals surface area contributed by atoms with Crippen molar-refractivity contribution in [1.82, 2.24) is 14.2 Å². The molecule has 1 aliphatic rings. The summed E-state index contributed by atoms with van der Waals surface area (Å²) < 4.78 is 32.5. The summed E-state index contributed by atoms with van der Waals surface area (Å²) in [5.41, 5.74) is 1.00. The van der Waals surface area contributed by atoms with Gasteiger partial charge in [-0.2, -0.15) is 4.31 Å². The van der Waals surface area contributed by atoms with Crippen molar-refractivity contribution < 1.29 is 13.2 Å². The monoisotopic (exact) mass is 361 g/mol. The number of rotatable bonds is 6. The number of hydrogen-bond acceptors (Lipinski definition) is 5. The van der Waals surface area contributed by atoms with Crippen molar-refractivity contribution in [3.8, 4) is 5.75 Å². The Hall–Kier alpha value is -1.96. The van der Waals surface area contributed by atoms with Crippen LogP contribution in [0.2, 0.25) is 0 Å². The SMILES string of the molecule is CCOc1ccc(S(=O)(=O)N2CCN(Cc3ccccn3)CC2)cc1. The zero-order chi connectivity index (χ0) is 17.7. The van der Waals surface area contributed by atoms with Gasteiger partial charge >= 0.3 is 0 Å². The molecule has 3 rings (SSSR count). The zero-order valence-electron chi connectivity index (χ0n) is 14.3. The Morgan fingerprint density at radius 2 is 1.76 bits per heavy atom. The fourth-order valence-electron chi connectivity index (χ4n) is 2.87. The molecule has 0 amide bonds. The van der Waals surface area contributed by atoms with Crippen molar-refractivity contribution in [3.05, 3.63) is 54.4 Å². The van der Waals surface area contributed by atoms with Crippen LogP contribution in [0.5, 0.6) is 5.75 Å². The van der Waals surface area contributed by atoms with Crippen LogP contribution in [0.3, 0.4) is 0 Å². The van der Waals surface area contributed by atoms with E-state index in [1.807, 2.05) is 25.1 Å². The molecule has 6 nitrogen and oxygen atoms in total. The number of sulfonamides is 1. The van der Waals surface area contributed by atoms with E-state index in [-0.39, 0.29) is 0 Å². The standard InChI is InChI=1S/C18H23N3O3S/c1-2-24-17-6-8-18(9-7-17)25(22,23)21-13-11-20(12-14-21)15-16-5-3-4-10-19-16/h3-10H,2,11-15H2,1H3. The van der Waals surface area contributed by atoms with Gasteiger partial charge in [0.1, 0.15) is 5.75 Å². The maximum atomic E-state index is 12.8. The highest BCUT2D eigenvalue weighted by Gasteiger charge is 2.28. The van der Waals surface area contributed by atoms with Crippen LogP contribution in [0.1, 0.15) is 12.6 Å². The third kappa shape index (κ3) is 4.36. The molecule has 1 saturated heterocycles. The van der Waals surface area contributed by atoms with Gasteiger partial charge < -0.3 is 4.74 Å². The molecule has 25 heavy (non-hydrogen) atoms. The Labute approximate surface area is 149 Å². The summed E-state index contributed by atoms with van der Waals surface area (Å²) in [4.78, 5) is 6.87. The lowest BCUT2D eigenvalue weighted by atomic mass is 10.3. The molecule has 1 aliphatic heterocycles. The van der Waals surface area contributed by atoms with Crippen molar-refractivity contribution in [2.45, 2.75) is 18.4 Å². The molecule has 2 aromatic rings. The first-order valence-electron chi connectivity index (χ1n) is 8.45. The molecular formula is C18H23N3O3S. The molecule has 0 bridgehead atoms. The van der Waals surface area contributed by atoms with E-state index in [1.54, 1.807) is 34.8 Å². The van der Waals surface area contributed by atoms with E-state index in [9.17, 15) is 8.42 Å². The Bertz CT molecular complexity index is 771. The van der Waals surface area contributed by atoms with Gasteiger partial charge in [0.2, 0.25) is 10.0 Å². The van der Waals surface area contributed by atoms with E-state index in [0.29, 0.717) is 43.4 Å². The molecule has 0 spiro atoms. The Morgan fingerprint density at radius 1 is 1.04 bits per heavy atom. The quantitative estimate of drug-likeness (QED) is 0.787. The highest BCUT2D eigenvalue weighted by Crippen LogP contribution is 2.21. The van der Waals surface area contributed by atoms with Crippen LogP contribution in [0, 0.1) is 0 Å². The van der Waals surface area contributed by atoms with E-state index < -0.39 is 10.0 Å². The Balaban J connectivity index is 1.61. The molecular weight excluding hydrogens is 338 g/mol. The molecule has 1 aromatic carbocycles. The normalized spacial score (nSPS) is 16.7. The maximum absolute atomic E-state index is 12.8. The van der Waals surface area contributed by atoms with Crippen molar-refractivity contribution in [1.29, 1.82) is 0 Å². The van der Waals surface area contributed by atoms with Crippen LogP contribution in [-0.4, -0.2) is 55.4 Å². The first-order valence-corrected chi connectivity index (χ1v) is 9.89. The first-order chi connectivity index (χ1) is 12.1. The topological polar surface area (TPSA) is 62.7 Å². The van der Waals surface area contributed by atoms with E-state index in [0.717, 1.165) is 12.2 Å². The van der Waals surface area contributed by atoms with Gasteiger partial charge in [0.25, 0.3) is 0 Å². The Morgan fingerprint density at radius 3 is 2.36 bits per heavy atom. The number of nitrogens with zero attached hydrogens (tertiary/aromatic N) is 3.